The maximum atomic E-state index is 12.7. The van der Waals surface area contributed by atoms with Crippen molar-refractivity contribution in [1.82, 2.24) is 10.3 Å². The van der Waals surface area contributed by atoms with Crippen molar-refractivity contribution in [2.75, 3.05) is 6.26 Å². The number of carbonyl (C=O) groups is 1. The Balaban J connectivity index is 1.87. The molecule has 126 valence electrons. The minimum atomic E-state index is -1.06. The van der Waals surface area contributed by atoms with E-state index in [9.17, 15) is 9.00 Å². The first kappa shape index (κ1) is 17.0. The zero-order valence-corrected chi connectivity index (χ0v) is 14.6. The molecule has 2 unspecified atom stereocenters. The van der Waals surface area contributed by atoms with Gasteiger partial charge in [0.25, 0.3) is 5.91 Å². The normalized spacial score (nSPS) is 13.0. The molecule has 2 aromatic carbocycles. The molecule has 4 nitrogen and oxygen atoms in total. The molecule has 3 aromatic rings. The SMILES string of the molecule is CS(=O)c1ccc(C(=O)NC(c2ccccc2)c2ccccn2)cc1. The van der Waals surface area contributed by atoms with Crippen molar-refractivity contribution >= 4 is 16.7 Å². The molecule has 1 heterocycles. The molecule has 0 spiro atoms. The molecule has 0 fully saturated rings. The van der Waals surface area contributed by atoms with Gasteiger partial charge in [0, 0.05) is 33.7 Å². The minimum absolute atomic E-state index is 0.201. The summed E-state index contributed by atoms with van der Waals surface area (Å²) in [4.78, 5) is 17.7. The van der Waals surface area contributed by atoms with Crippen LogP contribution in [0.1, 0.15) is 27.7 Å². The predicted molar refractivity (Wildman–Crippen MR) is 98.8 cm³/mol. The van der Waals surface area contributed by atoms with Gasteiger partial charge in [0.05, 0.1) is 11.7 Å². The third kappa shape index (κ3) is 4.19. The summed E-state index contributed by atoms with van der Waals surface area (Å²) in [6.45, 7) is 0. The van der Waals surface area contributed by atoms with Gasteiger partial charge in [-0.1, -0.05) is 36.4 Å². The number of nitrogens with one attached hydrogen (secondary N) is 1. The van der Waals surface area contributed by atoms with Gasteiger partial charge in [0.15, 0.2) is 0 Å². The van der Waals surface area contributed by atoms with Crippen LogP contribution < -0.4 is 5.32 Å². The smallest absolute Gasteiger partial charge is 0.252 e. The lowest BCUT2D eigenvalue weighted by Crippen LogP contribution is -2.29. The van der Waals surface area contributed by atoms with Crippen molar-refractivity contribution in [3.8, 4) is 0 Å². The van der Waals surface area contributed by atoms with Crippen LogP contribution in [0, 0.1) is 0 Å². The van der Waals surface area contributed by atoms with Crippen LogP contribution in [0.5, 0.6) is 0 Å². The van der Waals surface area contributed by atoms with Gasteiger partial charge in [-0.25, -0.2) is 0 Å². The van der Waals surface area contributed by atoms with Crippen molar-refractivity contribution in [2.24, 2.45) is 0 Å². The van der Waals surface area contributed by atoms with Gasteiger partial charge in [0.1, 0.15) is 0 Å². The Bertz CT molecular complexity index is 826. The number of aromatic nitrogens is 1. The fourth-order valence-electron chi connectivity index (χ4n) is 2.53. The first-order valence-electron chi connectivity index (χ1n) is 7.85. The second kappa shape index (κ2) is 7.85. The van der Waals surface area contributed by atoms with Crippen LogP contribution in [0.4, 0.5) is 0 Å². The standard InChI is InChI=1S/C20H18N2O2S/c1-25(24)17-12-10-16(11-13-17)20(23)22-19(15-7-3-2-4-8-15)18-9-5-6-14-21-18/h2-14,19H,1H3,(H,22,23). The molecule has 1 amide bonds. The number of pyridine rings is 1. The Morgan fingerprint density at radius 2 is 1.64 bits per heavy atom. The molecule has 3 rings (SSSR count). The van der Waals surface area contributed by atoms with Crippen LogP contribution >= 0.6 is 0 Å². The number of amides is 1. The summed E-state index contributed by atoms with van der Waals surface area (Å²) in [7, 11) is -1.06. The van der Waals surface area contributed by atoms with Crippen molar-refractivity contribution in [1.29, 1.82) is 0 Å². The summed E-state index contributed by atoms with van der Waals surface area (Å²) in [6, 6.07) is 21.8. The van der Waals surface area contributed by atoms with Gasteiger partial charge in [-0.2, -0.15) is 0 Å². The quantitative estimate of drug-likeness (QED) is 0.768. The fraction of sp³-hybridized carbons (Fsp3) is 0.100. The zero-order valence-electron chi connectivity index (χ0n) is 13.8. The number of nitrogens with zero attached hydrogens (tertiary/aromatic N) is 1. The van der Waals surface area contributed by atoms with E-state index >= 15 is 0 Å². The summed E-state index contributed by atoms with van der Waals surface area (Å²) in [5.41, 5.74) is 2.25. The summed E-state index contributed by atoms with van der Waals surface area (Å²) >= 11 is 0. The lowest BCUT2D eigenvalue weighted by atomic mass is 10.0. The lowest BCUT2D eigenvalue weighted by molar-refractivity contribution is 0.0942. The van der Waals surface area contributed by atoms with Gasteiger partial charge in [-0.05, 0) is 42.0 Å². The van der Waals surface area contributed by atoms with E-state index in [0.717, 1.165) is 11.3 Å². The second-order valence-corrected chi connectivity index (χ2v) is 6.93. The number of benzene rings is 2. The van der Waals surface area contributed by atoms with E-state index in [-0.39, 0.29) is 11.9 Å². The van der Waals surface area contributed by atoms with E-state index in [0.29, 0.717) is 10.5 Å². The first-order valence-corrected chi connectivity index (χ1v) is 9.41. The Labute approximate surface area is 149 Å². The van der Waals surface area contributed by atoms with Crippen LogP contribution in [-0.2, 0) is 10.8 Å². The minimum Gasteiger partial charge on any atom is -0.340 e. The molecular weight excluding hydrogens is 332 g/mol. The van der Waals surface area contributed by atoms with Gasteiger partial charge >= 0.3 is 0 Å². The molecule has 0 radical (unpaired) electrons. The Kier molecular flexibility index (Phi) is 5.36. The first-order chi connectivity index (χ1) is 12.1. The van der Waals surface area contributed by atoms with Crippen molar-refractivity contribution in [3.05, 3.63) is 95.8 Å². The van der Waals surface area contributed by atoms with E-state index in [1.807, 2.05) is 48.5 Å². The molecule has 1 N–H and O–H groups in total. The summed E-state index contributed by atoms with van der Waals surface area (Å²) in [6.07, 6.45) is 3.32. The van der Waals surface area contributed by atoms with Crippen molar-refractivity contribution < 1.29 is 9.00 Å². The third-order valence-electron chi connectivity index (χ3n) is 3.84. The highest BCUT2D eigenvalue weighted by Gasteiger charge is 2.18. The highest BCUT2D eigenvalue weighted by molar-refractivity contribution is 7.84. The predicted octanol–water partition coefficient (Wildman–Crippen LogP) is 3.34. The number of rotatable bonds is 5. The van der Waals surface area contributed by atoms with E-state index in [2.05, 4.69) is 10.3 Å². The fourth-order valence-corrected chi connectivity index (χ4v) is 3.05. The van der Waals surface area contributed by atoms with E-state index in [4.69, 9.17) is 0 Å². The molecule has 0 saturated heterocycles. The van der Waals surface area contributed by atoms with E-state index in [1.165, 1.54) is 0 Å². The highest BCUT2D eigenvalue weighted by Crippen LogP contribution is 2.20. The van der Waals surface area contributed by atoms with E-state index < -0.39 is 10.8 Å². The molecule has 25 heavy (non-hydrogen) atoms. The van der Waals surface area contributed by atoms with Gasteiger partial charge in [-0.15, -0.1) is 0 Å². The Hall–Kier alpha value is -2.79. The third-order valence-corrected chi connectivity index (χ3v) is 4.78. The molecule has 0 aliphatic rings. The molecular formula is C20H18N2O2S. The second-order valence-electron chi connectivity index (χ2n) is 5.55. The van der Waals surface area contributed by atoms with Crippen LogP contribution in [0.15, 0.2) is 83.9 Å². The van der Waals surface area contributed by atoms with E-state index in [1.54, 1.807) is 36.7 Å². The molecule has 1 aromatic heterocycles. The van der Waals surface area contributed by atoms with Crippen molar-refractivity contribution in [3.63, 3.8) is 0 Å². The number of hydrogen-bond acceptors (Lipinski definition) is 3. The molecule has 0 saturated carbocycles. The summed E-state index contributed by atoms with van der Waals surface area (Å²) in [5.74, 6) is -0.201. The maximum absolute atomic E-state index is 12.7. The monoisotopic (exact) mass is 350 g/mol. The maximum Gasteiger partial charge on any atom is 0.252 e. The van der Waals surface area contributed by atoms with Crippen LogP contribution in [-0.4, -0.2) is 21.4 Å². The van der Waals surface area contributed by atoms with Gasteiger partial charge in [0.2, 0.25) is 0 Å². The lowest BCUT2D eigenvalue weighted by Gasteiger charge is -2.19. The average molecular weight is 350 g/mol. The number of carbonyl (C=O) groups excluding carboxylic acids is 1. The zero-order chi connectivity index (χ0) is 17.6. The molecule has 0 aliphatic heterocycles. The van der Waals surface area contributed by atoms with Crippen LogP contribution in [0.25, 0.3) is 0 Å². The summed E-state index contributed by atoms with van der Waals surface area (Å²) in [5, 5.41) is 3.04. The molecule has 0 aliphatic carbocycles. The topological polar surface area (TPSA) is 59.1 Å². The van der Waals surface area contributed by atoms with Gasteiger partial charge in [-0.3, -0.25) is 14.0 Å². The molecule has 0 bridgehead atoms. The van der Waals surface area contributed by atoms with Crippen LogP contribution in [0.2, 0.25) is 0 Å². The van der Waals surface area contributed by atoms with Crippen molar-refractivity contribution in [2.45, 2.75) is 10.9 Å². The Morgan fingerprint density at radius 1 is 0.960 bits per heavy atom. The largest absolute Gasteiger partial charge is 0.340 e. The van der Waals surface area contributed by atoms with Gasteiger partial charge < -0.3 is 5.32 Å². The van der Waals surface area contributed by atoms with Crippen LogP contribution in [0.3, 0.4) is 0 Å². The molecule has 5 heteroatoms. The number of hydrogen-bond donors (Lipinski definition) is 1. The average Bonchev–Trinajstić information content (AvgIpc) is 2.67. The highest BCUT2D eigenvalue weighted by atomic mass is 32.2. The summed E-state index contributed by atoms with van der Waals surface area (Å²) < 4.78 is 11.5. The molecule has 2 atom stereocenters. The Morgan fingerprint density at radius 3 is 2.24 bits per heavy atom.